The zero-order valence-corrected chi connectivity index (χ0v) is 21.3. The van der Waals surface area contributed by atoms with Crippen LogP contribution in [0.1, 0.15) is 0 Å². The van der Waals surface area contributed by atoms with Crippen LogP contribution < -0.4 is 0 Å². The van der Waals surface area contributed by atoms with Crippen LogP contribution in [0.4, 0.5) is 0 Å². The van der Waals surface area contributed by atoms with E-state index in [1.807, 2.05) is 24.8 Å². The lowest BCUT2D eigenvalue weighted by molar-refractivity contribution is 1.36. The Hall–Kier alpha value is -5.34. The number of hydrogen-bond acceptors (Lipinski definition) is 2. The molecule has 2 aromatic heterocycles. The molecule has 0 aliphatic heterocycles. The average Bonchev–Trinajstić information content (AvgIpc) is 3.50. The molecule has 7 aromatic carbocycles. The van der Waals surface area contributed by atoms with Gasteiger partial charge in [0.15, 0.2) is 0 Å². The summed E-state index contributed by atoms with van der Waals surface area (Å²) < 4.78 is 0. The second-order valence-corrected chi connectivity index (χ2v) is 11.4. The summed E-state index contributed by atoms with van der Waals surface area (Å²) >= 11 is 0. The highest BCUT2D eigenvalue weighted by Crippen LogP contribution is 2.56. The number of benzene rings is 7. The zero-order chi connectivity index (χ0) is 25.7. The van der Waals surface area contributed by atoms with Gasteiger partial charge in [0, 0.05) is 35.6 Å². The van der Waals surface area contributed by atoms with E-state index in [9.17, 15) is 0 Å². The van der Waals surface area contributed by atoms with Gasteiger partial charge in [0.05, 0.1) is 0 Å². The highest BCUT2D eigenvalue weighted by atomic mass is 14.6. The first-order chi connectivity index (χ1) is 19.8. The fourth-order valence-electron chi connectivity index (χ4n) is 7.95. The normalized spacial score (nSPS) is 13.0. The van der Waals surface area contributed by atoms with Gasteiger partial charge in [-0.25, -0.2) is 0 Å². The number of aromatic nitrogens is 2. The Morgan fingerprint density at radius 2 is 0.650 bits per heavy atom. The molecule has 0 bridgehead atoms. The lowest BCUT2D eigenvalue weighted by Gasteiger charge is -2.16. The van der Waals surface area contributed by atoms with Crippen molar-refractivity contribution in [3.05, 3.63) is 110 Å². The van der Waals surface area contributed by atoms with Crippen molar-refractivity contribution in [2.45, 2.75) is 0 Å². The predicted octanol–water partition coefficient (Wildman–Crippen LogP) is 10.1. The number of fused-ring (bicyclic) bond motifs is 10. The van der Waals surface area contributed by atoms with Gasteiger partial charge in [-0.15, -0.1) is 0 Å². The monoisotopic (exact) mass is 502 g/mol. The van der Waals surface area contributed by atoms with Crippen LogP contribution in [-0.4, -0.2) is 9.97 Å². The van der Waals surface area contributed by atoms with Crippen molar-refractivity contribution in [1.29, 1.82) is 0 Å². The van der Waals surface area contributed by atoms with Crippen LogP contribution >= 0.6 is 0 Å². The molecule has 2 heteroatoms. The van der Waals surface area contributed by atoms with E-state index in [0.29, 0.717) is 0 Å². The largest absolute Gasteiger partial charge is 0.264 e. The molecule has 0 spiro atoms. The van der Waals surface area contributed by atoms with E-state index in [4.69, 9.17) is 0 Å². The van der Waals surface area contributed by atoms with Gasteiger partial charge in [-0.05, 0) is 135 Å². The summed E-state index contributed by atoms with van der Waals surface area (Å²) in [6.07, 6.45) is 7.72. The molecule has 180 valence electrons. The molecule has 0 fully saturated rings. The molecule has 2 heterocycles. The van der Waals surface area contributed by atoms with Crippen LogP contribution in [0.5, 0.6) is 0 Å². The first kappa shape index (κ1) is 19.7. The van der Waals surface area contributed by atoms with Gasteiger partial charge in [-0.3, -0.25) is 9.97 Å². The van der Waals surface area contributed by atoms with E-state index in [1.165, 1.54) is 109 Å². The standard InChI is InChI=1S/C38H18N2/c1-5-27-31-13-19-9-11-39-17-21(19)15-33(31)29-8-4-26-24-2-6-28-32-14-20-10-12-40-18-22(20)16-34(32)30-7-3-25(36(24)38(28)30)23(1)35(26)37(27)29/h1-18H. The molecule has 40 heavy (non-hydrogen) atoms. The smallest absolute Gasteiger partial charge is 0.0346 e. The summed E-state index contributed by atoms with van der Waals surface area (Å²) in [6, 6.07) is 32.4. The maximum Gasteiger partial charge on any atom is 0.0346 e. The molecule has 0 radical (unpaired) electrons. The number of hydrogen-bond donors (Lipinski definition) is 0. The van der Waals surface area contributed by atoms with Crippen molar-refractivity contribution in [3.8, 4) is 44.5 Å². The van der Waals surface area contributed by atoms with Gasteiger partial charge in [0.1, 0.15) is 0 Å². The molecule has 0 atom stereocenters. The van der Waals surface area contributed by atoms with E-state index in [2.05, 4.69) is 94.9 Å². The van der Waals surface area contributed by atoms with Gasteiger partial charge < -0.3 is 0 Å². The first-order valence-corrected chi connectivity index (χ1v) is 13.8. The minimum atomic E-state index is 1.19. The lowest BCUT2D eigenvalue weighted by Crippen LogP contribution is -1.88. The lowest BCUT2D eigenvalue weighted by atomic mass is 9.86. The first-order valence-electron chi connectivity index (χ1n) is 13.8. The van der Waals surface area contributed by atoms with Gasteiger partial charge >= 0.3 is 0 Å². The van der Waals surface area contributed by atoms with E-state index < -0.39 is 0 Å². The second-order valence-electron chi connectivity index (χ2n) is 11.4. The van der Waals surface area contributed by atoms with E-state index >= 15 is 0 Å². The molecule has 2 aliphatic carbocycles. The highest BCUT2D eigenvalue weighted by Gasteiger charge is 2.28. The zero-order valence-electron chi connectivity index (χ0n) is 21.3. The van der Waals surface area contributed by atoms with Crippen LogP contribution in [0.15, 0.2) is 110 Å². The SMILES string of the molecule is c1cc2cc3c(cc2cn1)-c1ccc2c4ccc5c6c(ccc(c7ccc-3c1c72)c64)-c1cc2cnccc2cc1-5. The van der Waals surface area contributed by atoms with E-state index in [1.54, 1.807) is 0 Å². The van der Waals surface area contributed by atoms with Crippen LogP contribution in [-0.2, 0) is 0 Å². The number of pyridine rings is 2. The Morgan fingerprint density at radius 3 is 1.02 bits per heavy atom. The number of rotatable bonds is 0. The topological polar surface area (TPSA) is 25.8 Å². The molecule has 11 rings (SSSR count). The van der Waals surface area contributed by atoms with Crippen molar-refractivity contribution in [1.82, 2.24) is 9.97 Å². The fourth-order valence-corrected chi connectivity index (χ4v) is 7.95. The molecular weight excluding hydrogens is 484 g/mol. The Balaban J connectivity index is 1.30. The van der Waals surface area contributed by atoms with Gasteiger partial charge in [-0.1, -0.05) is 48.5 Å². The van der Waals surface area contributed by atoms with Crippen molar-refractivity contribution in [2.75, 3.05) is 0 Å². The van der Waals surface area contributed by atoms with Gasteiger partial charge in [-0.2, -0.15) is 0 Å². The maximum atomic E-state index is 4.38. The summed E-state index contributed by atoms with van der Waals surface area (Å²) in [4.78, 5) is 8.76. The maximum absolute atomic E-state index is 4.38. The van der Waals surface area contributed by atoms with Crippen LogP contribution in [0.3, 0.4) is 0 Å². The van der Waals surface area contributed by atoms with Crippen molar-refractivity contribution < 1.29 is 0 Å². The molecule has 2 nitrogen and oxygen atoms in total. The second kappa shape index (κ2) is 6.44. The fraction of sp³-hybridized carbons (Fsp3) is 0. The Labute approximate surface area is 228 Å². The summed E-state index contributed by atoms with van der Waals surface area (Å²) in [6.45, 7) is 0. The van der Waals surface area contributed by atoms with E-state index in [-0.39, 0.29) is 0 Å². The third kappa shape index (κ3) is 2.11. The summed E-state index contributed by atoms with van der Waals surface area (Å²) in [7, 11) is 0. The van der Waals surface area contributed by atoms with Crippen molar-refractivity contribution in [3.63, 3.8) is 0 Å². The molecule has 0 saturated carbocycles. The summed E-state index contributed by atoms with van der Waals surface area (Å²) in [5.74, 6) is 0. The molecule has 9 aromatic rings. The molecule has 0 N–H and O–H groups in total. The Kier molecular flexibility index (Phi) is 3.17. The third-order valence-electron chi connectivity index (χ3n) is 9.62. The van der Waals surface area contributed by atoms with Crippen LogP contribution in [0.25, 0.3) is 109 Å². The highest BCUT2D eigenvalue weighted by molar-refractivity contribution is 6.40. The summed E-state index contributed by atoms with van der Waals surface area (Å²) in [5, 5.41) is 15.8. The molecule has 0 saturated heterocycles. The summed E-state index contributed by atoms with van der Waals surface area (Å²) in [5.41, 5.74) is 10.6. The minimum absolute atomic E-state index is 1.19. The van der Waals surface area contributed by atoms with Crippen molar-refractivity contribution >= 4 is 64.6 Å². The Bertz CT molecular complexity index is 2290. The average molecular weight is 503 g/mol. The van der Waals surface area contributed by atoms with Gasteiger partial charge in [0.25, 0.3) is 0 Å². The molecule has 0 unspecified atom stereocenters. The van der Waals surface area contributed by atoms with Crippen molar-refractivity contribution in [2.24, 2.45) is 0 Å². The van der Waals surface area contributed by atoms with Crippen LogP contribution in [0, 0.1) is 0 Å². The minimum Gasteiger partial charge on any atom is -0.264 e. The Morgan fingerprint density at radius 1 is 0.300 bits per heavy atom. The van der Waals surface area contributed by atoms with Gasteiger partial charge in [0.2, 0.25) is 0 Å². The molecular formula is C38H18N2. The predicted molar refractivity (Wildman–Crippen MR) is 167 cm³/mol. The quantitative estimate of drug-likeness (QED) is 0.152. The third-order valence-corrected chi connectivity index (χ3v) is 9.62. The van der Waals surface area contributed by atoms with E-state index in [0.717, 1.165) is 0 Å². The number of nitrogens with zero attached hydrogens (tertiary/aromatic N) is 2. The van der Waals surface area contributed by atoms with Crippen LogP contribution in [0.2, 0.25) is 0 Å². The molecule has 0 amide bonds. The molecule has 2 aliphatic rings.